The van der Waals surface area contributed by atoms with E-state index in [0.29, 0.717) is 16.7 Å². The zero-order valence-corrected chi connectivity index (χ0v) is 18.5. The first-order chi connectivity index (χ1) is 15.0. The Bertz CT molecular complexity index is 1200. The van der Waals surface area contributed by atoms with Gasteiger partial charge in [-0.15, -0.1) is 0 Å². The quantitative estimate of drug-likeness (QED) is 0.634. The molecule has 1 aliphatic heterocycles. The minimum atomic E-state index is -3.31. The van der Waals surface area contributed by atoms with Gasteiger partial charge in [0.05, 0.1) is 10.4 Å². The molecule has 0 amide bonds. The van der Waals surface area contributed by atoms with Crippen LogP contribution in [0.5, 0.6) is 0 Å². The van der Waals surface area contributed by atoms with Crippen LogP contribution in [0.25, 0.3) is 10.9 Å². The fourth-order valence-electron chi connectivity index (χ4n) is 4.14. The van der Waals surface area contributed by atoms with E-state index in [-0.39, 0.29) is 4.90 Å². The number of hydrogen-bond donors (Lipinski definition) is 1. The third kappa shape index (κ3) is 4.65. The van der Waals surface area contributed by atoms with E-state index in [1.807, 2.05) is 12.1 Å². The summed E-state index contributed by atoms with van der Waals surface area (Å²) in [4.78, 5) is 13.9. The van der Waals surface area contributed by atoms with Crippen LogP contribution in [0.2, 0.25) is 0 Å². The van der Waals surface area contributed by atoms with Crippen LogP contribution in [0.4, 0.5) is 17.2 Å². The number of fused-ring (bicyclic) bond motifs is 1. The van der Waals surface area contributed by atoms with E-state index in [1.165, 1.54) is 37.7 Å². The van der Waals surface area contributed by atoms with Crippen molar-refractivity contribution in [2.75, 3.05) is 49.2 Å². The van der Waals surface area contributed by atoms with Gasteiger partial charge in [-0.25, -0.2) is 18.4 Å². The predicted octanol–water partition coefficient (Wildman–Crippen LogP) is 3.31. The zero-order chi connectivity index (χ0) is 21.4. The molecule has 0 radical (unpaired) electrons. The first-order valence-electron chi connectivity index (χ1n) is 10.7. The average molecular weight is 438 g/mol. The van der Waals surface area contributed by atoms with Crippen molar-refractivity contribution < 1.29 is 8.42 Å². The Morgan fingerprint density at radius 2 is 1.84 bits per heavy atom. The first kappa shape index (κ1) is 20.2. The molecule has 0 spiro atoms. The molecule has 2 aromatic carbocycles. The van der Waals surface area contributed by atoms with Gasteiger partial charge >= 0.3 is 0 Å². The topological polar surface area (TPSA) is 78.4 Å². The highest BCUT2D eigenvalue weighted by Crippen LogP contribution is 2.31. The number of aromatic nitrogens is 2. The lowest BCUT2D eigenvalue weighted by Crippen LogP contribution is -2.47. The minimum Gasteiger partial charge on any atom is -0.369 e. The molecule has 7 nitrogen and oxygen atoms in total. The van der Waals surface area contributed by atoms with Gasteiger partial charge in [0, 0.05) is 55.7 Å². The number of piperazine rings is 1. The van der Waals surface area contributed by atoms with Crippen LogP contribution >= 0.6 is 0 Å². The highest BCUT2D eigenvalue weighted by atomic mass is 32.2. The van der Waals surface area contributed by atoms with E-state index in [9.17, 15) is 8.42 Å². The van der Waals surface area contributed by atoms with Crippen LogP contribution < -0.4 is 10.2 Å². The summed E-state index contributed by atoms with van der Waals surface area (Å²) in [5.41, 5.74) is 2.81. The summed E-state index contributed by atoms with van der Waals surface area (Å²) in [6.07, 6.45) is 5.50. The van der Waals surface area contributed by atoms with Crippen molar-refractivity contribution in [3.8, 4) is 0 Å². The van der Waals surface area contributed by atoms with Gasteiger partial charge in [0.25, 0.3) is 0 Å². The van der Waals surface area contributed by atoms with Crippen LogP contribution in [0.1, 0.15) is 12.8 Å². The van der Waals surface area contributed by atoms with E-state index >= 15 is 0 Å². The van der Waals surface area contributed by atoms with E-state index in [1.54, 1.807) is 18.2 Å². The summed E-state index contributed by atoms with van der Waals surface area (Å²) in [6.45, 7) is 5.54. The molecule has 1 N–H and O–H groups in total. The fraction of sp³-hybridized carbons (Fsp3) is 0.391. The van der Waals surface area contributed by atoms with Crippen molar-refractivity contribution in [3.05, 3.63) is 48.8 Å². The molecule has 1 saturated carbocycles. The van der Waals surface area contributed by atoms with Crippen molar-refractivity contribution in [1.29, 1.82) is 0 Å². The maximum atomic E-state index is 12.0. The average Bonchev–Trinajstić information content (AvgIpc) is 3.58. The molecule has 2 heterocycles. The van der Waals surface area contributed by atoms with Crippen molar-refractivity contribution >= 4 is 37.9 Å². The number of anilines is 3. The summed E-state index contributed by atoms with van der Waals surface area (Å²) in [6, 6.07) is 13.2. The zero-order valence-electron chi connectivity index (χ0n) is 17.7. The van der Waals surface area contributed by atoms with Crippen molar-refractivity contribution in [1.82, 2.24) is 14.9 Å². The molecule has 1 saturated heterocycles. The summed E-state index contributed by atoms with van der Waals surface area (Å²) in [5.74, 6) is 1.53. The van der Waals surface area contributed by atoms with E-state index in [0.717, 1.165) is 37.8 Å². The lowest BCUT2D eigenvalue weighted by Gasteiger charge is -2.36. The van der Waals surface area contributed by atoms with Crippen LogP contribution in [0.3, 0.4) is 0 Å². The molecular weight excluding hydrogens is 410 g/mol. The monoisotopic (exact) mass is 437 g/mol. The smallest absolute Gasteiger partial charge is 0.175 e. The molecule has 1 aliphatic carbocycles. The highest BCUT2D eigenvalue weighted by molar-refractivity contribution is 7.90. The lowest BCUT2D eigenvalue weighted by atomic mass is 10.2. The molecule has 1 aromatic heterocycles. The summed E-state index contributed by atoms with van der Waals surface area (Å²) in [5, 5.41) is 4.05. The standard InChI is InChI=1S/C23H27N5O2S/c1-31(29,30)20-7-8-22-21(14-20)23(25-16-24-22)26-18-3-2-4-19(13-18)28-11-9-27(10-12-28)15-17-5-6-17/h2-4,7-8,13-14,16-17H,5-6,9-12,15H2,1H3,(H,24,25,26). The van der Waals surface area contributed by atoms with Crippen molar-refractivity contribution in [2.45, 2.75) is 17.7 Å². The van der Waals surface area contributed by atoms with Gasteiger partial charge < -0.3 is 10.2 Å². The number of rotatable bonds is 6. The second-order valence-corrected chi connectivity index (χ2v) is 10.6. The Morgan fingerprint density at radius 3 is 2.58 bits per heavy atom. The van der Waals surface area contributed by atoms with Gasteiger partial charge in [0.15, 0.2) is 9.84 Å². The Kier molecular flexibility index (Phi) is 5.27. The van der Waals surface area contributed by atoms with Crippen molar-refractivity contribution in [3.63, 3.8) is 0 Å². The molecule has 31 heavy (non-hydrogen) atoms. The predicted molar refractivity (Wildman–Crippen MR) is 124 cm³/mol. The Hall–Kier alpha value is -2.71. The fourth-order valence-corrected chi connectivity index (χ4v) is 4.78. The van der Waals surface area contributed by atoms with E-state index < -0.39 is 9.84 Å². The van der Waals surface area contributed by atoms with Crippen LogP contribution in [0, 0.1) is 5.92 Å². The molecule has 0 bridgehead atoms. The van der Waals surface area contributed by atoms with Gasteiger partial charge in [-0.2, -0.15) is 0 Å². The normalized spacial score (nSPS) is 17.8. The second-order valence-electron chi connectivity index (χ2n) is 8.58. The molecule has 2 fully saturated rings. The van der Waals surface area contributed by atoms with E-state index in [2.05, 4.69) is 37.2 Å². The van der Waals surface area contributed by atoms with Crippen LogP contribution in [-0.4, -0.2) is 62.3 Å². The largest absolute Gasteiger partial charge is 0.369 e. The molecule has 3 aromatic rings. The molecule has 162 valence electrons. The highest BCUT2D eigenvalue weighted by Gasteiger charge is 2.26. The lowest BCUT2D eigenvalue weighted by molar-refractivity contribution is 0.248. The van der Waals surface area contributed by atoms with Crippen molar-refractivity contribution in [2.24, 2.45) is 5.92 Å². The third-order valence-electron chi connectivity index (χ3n) is 6.09. The summed E-state index contributed by atoms with van der Waals surface area (Å²) in [7, 11) is -3.31. The van der Waals surface area contributed by atoms with Gasteiger partial charge in [-0.3, -0.25) is 4.90 Å². The Labute approximate surface area is 183 Å². The molecular formula is C23H27N5O2S. The number of nitrogens with zero attached hydrogens (tertiary/aromatic N) is 4. The van der Waals surface area contributed by atoms with Gasteiger partial charge in [0.1, 0.15) is 12.1 Å². The maximum absolute atomic E-state index is 12.0. The number of benzene rings is 2. The number of nitrogens with one attached hydrogen (secondary N) is 1. The third-order valence-corrected chi connectivity index (χ3v) is 7.20. The molecule has 8 heteroatoms. The minimum absolute atomic E-state index is 0.260. The first-order valence-corrected chi connectivity index (χ1v) is 12.6. The molecule has 5 rings (SSSR count). The Morgan fingerprint density at radius 1 is 1.03 bits per heavy atom. The molecule has 0 atom stereocenters. The maximum Gasteiger partial charge on any atom is 0.175 e. The second kappa shape index (κ2) is 8.09. The van der Waals surface area contributed by atoms with Gasteiger partial charge in [0.2, 0.25) is 0 Å². The number of hydrogen-bond acceptors (Lipinski definition) is 7. The van der Waals surface area contributed by atoms with Crippen LogP contribution in [-0.2, 0) is 9.84 Å². The SMILES string of the molecule is CS(=O)(=O)c1ccc2ncnc(Nc3cccc(N4CCN(CC5CC5)CC4)c3)c2c1. The number of sulfone groups is 1. The Balaban J connectivity index is 1.35. The molecule has 0 unspecified atom stereocenters. The van der Waals surface area contributed by atoms with Crippen LogP contribution in [0.15, 0.2) is 53.7 Å². The van der Waals surface area contributed by atoms with Gasteiger partial charge in [-0.1, -0.05) is 6.07 Å². The molecule has 2 aliphatic rings. The van der Waals surface area contributed by atoms with E-state index in [4.69, 9.17) is 0 Å². The van der Waals surface area contributed by atoms with Gasteiger partial charge in [-0.05, 0) is 55.2 Å². The summed E-state index contributed by atoms with van der Waals surface area (Å²) >= 11 is 0. The summed E-state index contributed by atoms with van der Waals surface area (Å²) < 4.78 is 24.0.